The standard InChI is InChI=1S/C20H29N7O2S/c1-3-4-9-28-10-5-6-22-19-24-17(16(13-21)18-23-15(2)14-30-18)25-20(26-19)27-7-11-29-12-8-27/h14,23H,3-12H2,1-2H3,(H,22,24,25,26)/b18-16-. The molecule has 162 valence electrons. The Balaban J connectivity index is 1.75. The van der Waals surface area contributed by atoms with Crippen LogP contribution in [-0.2, 0) is 9.47 Å². The van der Waals surface area contributed by atoms with Crippen molar-refractivity contribution in [1.82, 2.24) is 20.3 Å². The second-order valence-electron chi connectivity index (χ2n) is 6.99. The van der Waals surface area contributed by atoms with Crippen molar-refractivity contribution in [3.05, 3.63) is 22.0 Å². The van der Waals surface area contributed by atoms with Crippen LogP contribution in [0.25, 0.3) is 5.57 Å². The van der Waals surface area contributed by atoms with Crippen molar-refractivity contribution < 1.29 is 9.47 Å². The second kappa shape index (κ2) is 11.7. The number of aromatic nitrogens is 3. The Labute approximate surface area is 182 Å². The number of ether oxygens (including phenoxy) is 2. The van der Waals surface area contributed by atoms with Gasteiger partial charge in [0.25, 0.3) is 0 Å². The number of unbranched alkanes of at least 4 members (excludes halogenated alkanes) is 1. The molecule has 0 unspecified atom stereocenters. The fraction of sp³-hybridized carbons (Fsp3) is 0.600. The Kier molecular flexibility index (Phi) is 8.74. The lowest BCUT2D eigenvalue weighted by Crippen LogP contribution is -2.37. The number of anilines is 2. The first-order chi connectivity index (χ1) is 14.7. The summed E-state index contributed by atoms with van der Waals surface area (Å²) in [4.78, 5) is 15.8. The minimum absolute atomic E-state index is 0.369. The molecule has 1 fully saturated rings. The van der Waals surface area contributed by atoms with E-state index in [9.17, 15) is 5.26 Å². The van der Waals surface area contributed by atoms with Gasteiger partial charge in [0.1, 0.15) is 11.6 Å². The van der Waals surface area contributed by atoms with Crippen molar-refractivity contribution in [2.24, 2.45) is 0 Å². The predicted octanol–water partition coefficient (Wildman–Crippen LogP) is 2.72. The second-order valence-corrected chi connectivity index (χ2v) is 7.87. The maximum absolute atomic E-state index is 9.78. The summed E-state index contributed by atoms with van der Waals surface area (Å²) in [5.41, 5.74) is 1.41. The molecule has 10 heteroatoms. The summed E-state index contributed by atoms with van der Waals surface area (Å²) in [6, 6.07) is 2.25. The molecular weight excluding hydrogens is 402 g/mol. The summed E-state index contributed by atoms with van der Waals surface area (Å²) in [5, 5.41) is 19.0. The lowest BCUT2D eigenvalue weighted by molar-refractivity contribution is 0.122. The van der Waals surface area contributed by atoms with E-state index in [4.69, 9.17) is 9.47 Å². The molecule has 2 aliphatic rings. The van der Waals surface area contributed by atoms with E-state index < -0.39 is 0 Å². The molecule has 3 heterocycles. The van der Waals surface area contributed by atoms with Crippen LogP contribution in [0, 0.1) is 11.3 Å². The van der Waals surface area contributed by atoms with Crippen molar-refractivity contribution in [3.63, 3.8) is 0 Å². The third kappa shape index (κ3) is 6.32. The quantitative estimate of drug-likeness (QED) is 0.424. The molecule has 30 heavy (non-hydrogen) atoms. The van der Waals surface area contributed by atoms with Crippen molar-refractivity contribution in [1.29, 1.82) is 5.26 Å². The van der Waals surface area contributed by atoms with Crippen LogP contribution in [0.4, 0.5) is 11.9 Å². The van der Waals surface area contributed by atoms with E-state index in [2.05, 4.69) is 43.5 Å². The first-order valence-electron chi connectivity index (χ1n) is 10.4. The highest BCUT2D eigenvalue weighted by Gasteiger charge is 2.21. The Morgan fingerprint density at radius 3 is 2.80 bits per heavy atom. The number of allylic oxidation sites excluding steroid dienone is 2. The topological polar surface area (TPSA) is 108 Å². The van der Waals surface area contributed by atoms with Gasteiger partial charge in [-0.2, -0.15) is 20.2 Å². The Morgan fingerprint density at radius 2 is 2.10 bits per heavy atom. The molecule has 0 atom stereocenters. The summed E-state index contributed by atoms with van der Waals surface area (Å²) < 4.78 is 11.0. The molecule has 0 bridgehead atoms. The summed E-state index contributed by atoms with van der Waals surface area (Å²) in [6.45, 7) is 8.96. The molecule has 0 saturated carbocycles. The largest absolute Gasteiger partial charge is 0.381 e. The van der Waals surface area contributed by atoms with Gasteiger partial charge in [0, 0.05) is 38.5 Å². The molecule has 1 aromatic rings. The van der Waals surface area contributed by atoms with Gasteiger partial charge in [-0.3, -0.25) is 0 Å². The number of nitrogens with one attached hydrogen (secondary N) is 2. The Bertz CT molecular complexity index is 816. The highest BCUT2D eigenvalue weighted by atomic mass is 32.2. The summed E-state index contributed by atoms with van der Waals surface area (Å²) in [7, 11) is 0. The number of nitriles is 1. The Morgan fingerprint density at radius 1 is 1.30 bits per heavy atom. The van der Waals surface area contributed by atoms with Crippen LogP contribution in [0.1, 0.15) is 38.9 Å². The molecular formula is C20H29N7O2S. The normalized spacial score (nSPS) is 17.9. The maximum Gasteiger partial charge on any atom is 0.230 e. The van der Waals surface area contributed by atoms with Gasteiger partial charge in [-0.05, 0) is 25.2 Å². The van der Waals surface area contributed by atoms with Gasteiger partial charge in [0.2, 0.25) is 11.9 Å². The first-order valence-corrected chi connectivity index (χ1v) is 11.2. The predicted molar refractivity (Wildman–Crippen MR) is 119 cm³/mol. The minimum Gasteiger partial charge on any atom is -0.381 e. The smallest absolute Gasteiger partial charge is 0.230 e. The zero-order chi connectivity index (χ0) is 21.2. The van der Waals surface area contributed by atoms with Crippen molar-refractivity contribution in [2.75, 3.05) is 56.3 Å². The van der Waals surface area contributed by atoms with Gasteiger partial charge >= 0.3 is 0 Å². The Hall–Kier alpha value is -2.35. The molecule has 0 spiro atoms. The fourth-order valence-corrected chi connectivity index (χ4v) is 3.72. The van der Waals surface area contributed by atoms with Crippen molar-refractivity contribution in [3.8, 4) is 6.07 Å². The minimum atomic E-state index is 0.369. The van der Waals surface area contributed by atoms with Gasteiger partial charge < -0.3 is 25.0 Å². The zero-order valence-electron chi connectivity index (χ0n) is 17.6. The van der Waals surface area contributed by atoms with Gasteiger partial charge in [-0.25, -0.2) is 0 Å². The fourth-order valence-electron chi connectivity index (χ4n) is 2.89. The average molecular weight is 432 g/mol. The number of morpholine rings is 1. The average Bonchev–Trinajstić information content (AvgIpc) is 3.20. The molecule has 9 nitrogen and oxygen atoms in total. The van der Waals surface area contributed by atoms with Crippen LogP contribution in [0.2, 0.25) is 0 Å². The molecule has 1 aromatic heterocycles. The number of nitrogens with zero attached hydrogens (tertiary/aromatic N) is 5. The van der Waals surface area contributed by atoms with Crippen LogP contribution in [0.5, 0.6) is 0 Å². The number of hydrogen-bond acceptors (Lipinski definition) is 10. The van der Waals surface area contributed by atoms with Gasteiger partial charge in [0.15, 0.2) is 5.82 Å². The lowest BCUT2D eigenvalue weighted by atomic mass is 10.3. The van der Waals surface area contributed by atoms with E-state index in [1.807, 2.05) is 12.3 Å². The van der Waals surface area contributed by atoms with Crippen LogP contribution in [-0.4, -0.2) is 61.0 Å². The highest BCUT2D eigenvalue weighted by molar-refractivity contribution is 8.06. The van der Waals surface area contributed by atoms with E-state index in [1.165, 1.54) is 11.8 Å². The number of hydrogen-bond donors (Lipinski definition) is 2. The summed E-state index contributed by atoms with van der Waals surface area (Å²) in [5.74, 6) is 1.40. The van der Waals surface area contributed by atoms with E-state index in [0.29, 0.717) is 62.7 Å². The third-order valence-corrected chi connectivity index (χ3v) is 5.55. The van der Waals surface area contributed by atoms with Gasteiger partial charge in [0.05, 0.1) is 18.2 Å². The van der Waals surface area contributed by atoms with Crippen LogP contribution in [0.15, 0.2) is 16.1 Å². The SMILES string of the molecule is CCCCOCCCNc1nc(/C(C#N)=C2/NC(C)=CS2)nc(N2CCOCC2)n1. The van der Waals surface area contributed by atoms with Gasteiger partial charge in [-0.15, -0.1) is 0 Å². The first kappa shape index (κ1) is 22.3. The molecule has 0 aliphatic carbocycles. The summed E-state index contributed by atoms with van der Waals surface area (Å²) in [6.07, 6.45) is 3.07. The van der Waals surface area contributed by atoms with Crippen LogP contribution < -0.4 is 15.5 Å². The van der Waals surface area contributed by atoms with Crippen LogP contribution >= 0.6 is 11.8 Å². The van der Waals surface area contributed by atoms with Crippen molar-refractivity contribution in [2.45, 2.75) is 33.1 Å². The van der Waals surface area contributed by atoms with Crippen LogP contribution in [0.3, 0.4) is 0 Å². The monoisotopic (exact) mass is 431 g/mol. The molecule has 3 rings (SSSR count). The lowest BCUT2D eigenvalue weighted by Gasteiger charge is -2.27. The van der Waals surface area contributed by atoms with Gasteiger partial charge in [-0.1, -0.05) is 25.1 Å². The molecule has 2 N–H and O–H groups in total. The van der Waals surface area contributed by atoms with E-state index in [-0.39, 0.29) is 0 Å². The molecule has 2 aliphatic heterocycles. The molecule has 1 saturated heterocycles. The molecule has 0 radical (unpaired) electrons. The van der Waals surface area contributed by atoms with E-state index in [1.54, 1.807) is 0 Å². The van der Waals surface area contributed by atoms with E-state index in [0.717, 1.165) is 36.6 Å². The summed E-state index contributed by atoms with van der Waals surface area (Å²) >= 11 is 1.47. The highest BCUT2D eigenvalue weighted by Crippen LogP contribution is 2.30. The molecule has 0 aromatic carbocycles. The maximum atomic E-state index is 9.78. The number of thioether (sulfide) groups is 1. The molecule has 0 amide bonds. The zero-order valence-corrected chi connectivity index (χ0v) is 18.4. The van der Waals surface area contributed by atoms with Crippen molar-refractivity contribution >= 4 is 29.2 Å². The number of rotatable bonds is 10. The third-order valence-electron chi connectivity index (χ3n) is 4.54. The van der Waals surface area contributed by atoms with E-state index >= 15 is 0 Å².